The van der Waals surface area contributed by atoms with E-state index in [1.807, 2.05) is 24.4 Å². The van der Waals surface area contributed by atoms with Crippen LogP contribution in [0.3, 0.4) is 0 Å². The Morgan fingerprint density at radius 3 is 2.67 bits per heavy atom. The van der Waals surface area contributed by atoms with E-state index in [0.29, 0.717) is 5.92 Å². The lowest BCUT2D eigenvalue weighted by atomic mass is 10.1. The molecule has 100 valence electrons. The zero-order chi connectivity index (χ0) is 13.2. The molecule has 0 fully saturated rings. The smallest absolute Gasteiger partial charge is 0.190 e. The van der Waals surface area contributed by atoms with Gasteiger partial charge in [0.15, 0.2) is 5.96 Å². The predicted octanol–water partition coefficient (Wildman–Crippen LogP) is 1.84. The van der Waals surface area contributed by atoms with E-state index >= 15 is 0 Å². The first-order chi connectivity index (χ1) is 8.72. The van der Waals surface area contributed by atoms with E-state index < -0.39 is 0 Å². The van der Waals surface area contributed by atoms with Gasteiger partial charge in [-0.2, -0.15) is 0 Å². The van der Waals surface area contributed by atoms with E-state index in [4.69, 9.17) is 0 Å². The van der Waals surface area contributed by atoms with Gasteiger partial charge >= 0.3 is 0 Å². The van der Waals surface area contributed by atoms with Crippen LogP contribution < -0.4 is 10.6 Å². The Hall–Kier alpha value is -1.58. The van der Waals surface area contributed by atoms with Crippen molar-refractivity contribution in [2.45, 2.75) is 26.7 Å². The van der Waals surface area contributed by atoms with Crippen LogP contribution in [-0.4, -0.2) is 31.1 Å². The summed E-state index contributed by atoms with van der Waals surface area (Å²) in [4.78, 5) is 8.48. The number of nitrogens with one attached hydrogen (secondary N) is 2. The molecule has 0 spiro atoms. The molecule has 2 N–H and O–H groups in total. The highest BCUT2D eigenvalue weighted by molar-refractivity contribution is 5.79. The number of hydrogen-bond acceptors (Lipinski definition) is 2. The lowest BCUT2D eigenvalue weighted by molar-refractivity contribution is 0.573. The molecule has 1 aromatic rings. The zero-order valence-electron chi connectivity index (χ0n) is 11.6. The monoisotopic (exact) mass is 248 g/mol. The van der Waals surface area contributed by atoms with Gasteiger partial charge in [0.25, 0.3) is 0 Å². The molecule has 0 aliphatic rings. The maximum absolute atomic E-state index is 4.29. The molecule has 1 rings (SSSR count). The third-order valence-corrected chi connectivity index (χ3v) is 2.64. The third-order valence-electron chi connectivity index (χ3n) is 2.64. The molecule has 0 aliphatic carbocycles. The summed E-state index contributed by atoms with van der Waals surface area (Å²) < 4.78 is 0. The van der Waals surface area contributed by atoms with Crippen LogP contribution in [0.2, 0.25) is 0 Å². The first-order valence-electron chi connectivity index (χ1n) is 6.56. The van der Waals surface area contributed by atoms with Crippen molar-refractivity contribution < 1.29 is 0 Å². The molecule has 0 aliphatic heterocycles. The van der Waals surface area contributed by atoms with Crippen molar-refractivity contribution >= 4 is 5.96 Å². The van der Waals surface area contributed by atoms with E-state index in [0.717, 1.165) is 37.6 Å². The lowest BCUT2D eigenvalue weighted by Crippen LogP contribution is -2.39. The second-order valence-electron chi connectivity index (χ2n) is 4.68. The molecule has 4 heteroatoms. The third kappa shape index (κ3) is 6.23. The molecule has 1 heterocycles. The van der Waals surface area contributed by atoms with Crippen LogP contribution in [0.1, 0.15) is 26.0 Å². The fraction of sp³-hybridized carbons (Fsp3) is 0.571. The van der Waals surface area contributed by atoms with Gasteiger partial charge < -0.3 is 10.6 Å². The fourth-order valence-corrected chi connectivity index (χ4v) is 1.55. The normalized spacial score (nSPS) is 11.7. The maximum atomic E-state index is 4.29. The Kier molecular flexibility index (Phi) is 6.84. The molecular weight excluding hydrogens is 224 g/mol. The SMILES string of the molecule is CN=C(NCCc1ccccn1)NCCC(C)C. The van der Waals surface area contributed by atoms with Gasteiger partial charge in [-0.05, 0) is 24.5 Å². The van der Waals surface area contributed by atoms with Crippen molar-refractivity contribution in [3.63, 3.8) is 0 Å². The predicted molar refractivity (Wildman–Crippen MR) is 76.8 cm³/mol. The number of aromatic nitrogens is 1. The van der Waals surface area contributed by atoms with Gasteiger partial charge in [-0.3, -0.25) is 9.98 Å². The number of nitrogens with zero attached hydrogens (tertiary/aromatic N) is 2. The molecule has 0 saturated heterocycles. The van der Waals surface area contributed by atoms with Crippen LogP contribution in [0.4, 0.5) is 0 Å². The number of pyridine rings is 1. The summed E-state index contributed by atoms with van der Waals surface area (Å²) in [5.74, 6) is 1.58. The number of guanidine groups is 1. The van der Waals surface area contributed by atoms with Crippen LogP contribution >= 0.6 is 0 Å². The molecule has 18 heavy (non-hydrogen) atoms. The van der Waals surface area contributed by atoms with Crippen LogP contribution in [0.25, 0.3) is 0 Å². The molecule has 0 bridgehead atoms. The molecule has 4 nitrogen and oxygen atoms in total. The number of rotatable bonds is 6. The summed E-state index contributed by atoms with van der Waals surface area (Å²) in [6.45, 7) is 6.25. The van der Waals surface area contributed by atoms with E-state index in [1.165, 1.54) is 0 Å². The van der Waals surface area contributed by atoms with Crippen molar-refractivity contribution in [3.8, 4) is 0 Å². The van der Waals surface area contributed by atoms with Gasteiger partial charge in [0, 0.05) is 38.4 Å². The van der Waals surface area contributed by atoms with Gasteiger partial charge in [-0.25, -0.2) is 0 Å². The number of aliphatic imine (C=N–C) groups is 1. The molecule has 0 atom stereocenters. The standard InChI is InChI=1S/C14H24N4/c1-12(2)7-10-17-14(15-3)18-11-8-13-6-4-5-9-16-13/h4-6,9,12H,7-8,10-11H2,1-3H3,(H2,15,17,18). The highest BCUT2D eigenvalue weighted by Crippen LogP contribution is 1.96. The summed E-state index contributed by atoms with van der Waals surface area (Å²) in [6, 6.07) is 5.98. The average molecular weight is 248 g/mol. The minimum atomic E-state index is 0.712. The quantitative estimate of drug-likeness (QED) is 0.596. The van der Waals surface area contributed by atoms with Crippen molar-refractivity contribution in [1.82, 2.24) is 15.6 Å². The maximum Gasteiger partial charge on any atom is 0.190 e. The molecule has 1 aromatic heterocycles. The first kappa shape index (κ1) is 14.5. The Balaban J connectivity index is 2.20. The minimum Gasteiger partial charge on any atom is -0.356 e. The minimum absolute atomic E-state index is 0.712. The zero-order valence-corrected chi connectivity index (χ0v) is 11.6. The summed E-state index contributed by atoms with van der Waals surface area (Å²) in [7, 11) is 1.80. The van der Waals surface area contributed by atoms with Crippen LogP contribution in [0, 0.1) is 5.92 Å². The second kappa shape index (κ2) is 8.50. The molecule has 0 radical (unpaired) electrons. The van der Waals surface area contributed by atoms with Gasteiger partial charge in [0.1, 0.15) is 0 Å². The summed E-state index contributed by atoms with van der Waals surface area (Å²) in [5.41, 5.74) is 1.10. The fourth-order valence-electron chi connectivity index (χ4n) is 1.55. The lowest BCUT2D eigenvalue weighted by Gasteiger charge is -2.12. The summed E-state index contributed by atoms with van der Waals surface area (Å²) in [6.07, 6.45) is 3.89. The van der Waals surface area contributed by atoms with Crippen molar-refractivity contribution in [2.75, 3.05) is 20.1 Å². The summed E-state index contributed by atoms with van der Waals surface area (Å²) >= 11 is 0. The Bertz CT molecular complexity index is 346. The molecule has 0 saturated carbocycles. The van der Waals surface area contributed by atoms with Gasteiger partial charge in [-0.1, -0.05) is 19.9 Å². The van der Waals surface area contributed by atoms with Crippen molar-refractivity contribution in [3.05, 3.63) is 30.1 Å². The van der Waals surface area contributed by atoms with Gasteiger partial charge in [0.2, 0.25) is 0 Å². The Morgan fingerprint density at radius 1 is 1.28 bits per heavy atom. The van der Waals surface area contributed by atoms with Crippen LogP contribution in [0.15, 0.2) is 29.4 Å². The van der Waals surface area contributed by atoms with E-state index in [-0.39, 0.29) is 0 Å². The topological polar surface area (TPSA) is 49.3 Å². The number of hydrogen-bond donors (Lipinski definition) is 2. The largest absolute Gasteiger partial charge is 0.356 e. The molecule has 0 aromatic carbocycles. The average Bonchev–Trinajstić information content (AvgIpc) is 2.38. The summed E-state index contributed by atoms with van der Waals surface area (Å²) in [5, 5.41) is 6.60. The van der Waals surface area contributed by atoms with E-state index in [9.17, 15) is 0 Å². The highest BCUT2D eigenvalue weighted by Gasteiger charge is 1.99. The molecule has 0 amide bonds. The highest BCUT2D eigenvalue weighted by atomic mass is 15.2. The van der Waals surface area contributed by atoms with Gasteiger partial charge in [0.05, 0.1) is 0 Å². The molecular formula is C14H24N4. The van der Waals surface area contributed by atoms with Crippen LogP contribution in [-0.2, 0) is 6.42 Å². The Labute approximate surface area is 110 Å². The molecule has 0 unspecified atom stereocenters. The van der Waals surface area contributed by atoms with Gasteiger partial charge in [-0.15, -0.1) is 0 Å². The van der Waals surface area contributed by atoms with E-state index in [1.54, 1.807) is 7.05 Å². The van der Waals surface area contributed by atoms with E-state index in [2.05, 4.69) is 34.5 Å². The Morgan fingerprint density at radius 2 is 2.06 bits per heavy atom. The van der Waals surface area contributed by atoms with Crippen molar-refractivity contribution in [1.29, 1.82) is 0 Å². The van der Waals surface area contributed by atoms with Crippen LogP contribution in [0.5, 0.6) is 0 Å². The van der Waals surface area contributed by atoms with Crippen molar-refractivity contribution in [2.24, 2.45) is 10.9 Å². The first-order valence-corrected chi connectivity index (χ1v) is 6.56. The second-order valence-corrected chi connectivity index (χ2v) is 4.68.